The highest BCUT2D eigenvalue weighted by molar-refractivity contribution is 5.82. The Balaban J connectivity index is 1.27. The fourth-order valence-corrected chi connectivity index (χ4v) is 5.06. The third-order valence-electron chi connectivity index (χ3n) is 7.23. The number of carbonyl (C=O) groups excluding carboxylic acids is 3. The number of nitrogens with one attached hydrogen (secondary N) is 1. The number of carbonyl (C=O) groups is 4. The molecule has 0 aliphatic heterocycles. The van der Waals surface area contributed by atoms with Gasteiger partial charge in [-0.25, -0.2) is 4.79 Å². The van der Waals surface area contributed by atoms with Crippen LogP contribution in [0.25, 0.3) is 11.1 Å². The molecule has 3 aromatic carbocycles. The minimum absolute atomic E-state index is 0.00345. The number of aliphatic carboxylic acids is 1. The lowest BCUT2D eigenvalue weighted by molar-refractivity contribution is -0.156. The number of esters is 2. The highest BCUT2D eigenvalue weighted by Gasteiger charge is 2.30. The molecule has 0 spiro atoms. The zero-order valence-electron chi connectivity index (χ0n) is 24.4. The van der Waals surface area contributed by atoms with Crippen LogP contribution in [0.4, 0.5) is 0 Å². The van der Waals surface area contributed by atoms with E-state index in [1.54, 1.807) is 0 Å². The third kappa shape index (κ3) is 9.75. The number of ether oxygens (including phenoxy) is 4. The van der Waals surface area contributed by atoms with Crippen molar-refractivity contribution in [3.8, 4) is 11.1 Å². The maximum absolute atomic E-state index is 13.0. The van der Waals surface area contributed by atoms with Gasteiger partial charge in [-0.15, -0.1) is 0 Å². The number of carboxylic acids is 1. The molecule has 3 aromatic rings. The van der Waals surface area contributed by atoms with E-state index < -0.39 is 30.4 Å². The fourth-order valence-electron chi connectivity index (χ4n) is 5.06. The van der Waals surface area contributed by atoms with Gasteiger partial charge in [0.15, 0.2) is 0 Å². The first kappa shape index (κ1) is 32.4. The van der Waals surface area contributed by atoms with Crippen molar-refractivity contribution < 1.29 is 43.2 Å². The Bertz CT molecular complexity index is 1360. The molecule has 1 aliphatic rings. The Kier molecular flexibility index (Phi) is 12.5. The summed E-state index contributed by atoms with van der Waals surface area (Å²) in [7, 11) is 0. The zero-order chi connectivity index (χ0) is 31.1. The second kappa shape index (κ2) is 16.9. The number of amides is 1. The lowest BCUT2D eigenvalue weighted by Crippen LogP contribution is -2.29. The SMILES string of the molecule is O=C(O)COCCOCCNC(=O)CC[C@H](CC(=O)OCC1c2ccccc2-c2ccccc21)C(=O)OCc1ccccc1. The van der Waals surface area contributed by atoms with Gasteiger partial charge in [0.1, 0.15) is 19.8 Å². The van der Waals surface area contributed by atoms with Crippen LogP contribution in [0.1, 0.15) is 41.9 Å². The quantitative estimate of drug-likeness (QED) is 0.163. The number of carboxylic acid groups (broad SMARTS) is 1. The maximum atomic E-state index is 13.0. The molecule has 0 saturated carbocycles. The van der Waals surface area contributed by atoms with Gasteiger partial charge in [0.25, 0.3) is 0 Å². The summed E-state index contributed by atoms with van der Waals surface area (Å²) in [5.41, 5.74) is 5.23. The van der Waals surface area contributed by atoms with Crippen molar-refractivity contribution in [1.82, 2.24) is 5.32 Å². The van der Waals surface area contributed by atoms with Gasteiger partial charge < -0.3 is 29.4 Å². The van der Waals surface area contributed by atoms with Crippen LogP contribution in [0.15, 0.2) is 78.9 Å². The highest BCUT2D eigenvalue weighted by Crippen LogP contribution is 2.44. The van der Waals surface area contributed by atoms with Gasteiger partial charge in [-0.05, 0) is 34.2 Å². The van der Waals surface area contributed by atoms with Crippen LogP contribution in [-0.4, -0.2) is 68.5 Å². The topological polar surface area (TPSA) is 137 Å². The molecule has 1 atom stereocenters. The summed E-state index contributed by atoms with van der Waals surface area (Å²) >= 11 is 0. The predicted octanol–water partition coefficient (Wildman–Crippen LogP) is 4.11. The largest absolute Gasteiger partial charge is 0.480 e. The summed E-state index contributed by atoms with van der Waals surface area (Å²) < 4.78 is 21.4. The van der Waals surface area contributed by atoms with E-state index in [0.717, 1.165) is 27.8 Å². The van der Waals surface area contributed by atoms with E-state index in [2.05, 4.69) is 17.4 Å². The van der Waals surface area contributed by atoms with Gasteiger partial charge in [0, 0.05) is 18.9 Å². The predicted molar refractivity (Wildman–Crippen MR) is 161 cm³/mol. The second-order valence-corrected chi connectivity index (χ2v) is 10.4. The number of benzene rings is 3. The minimum atomic E-state index is -1.06. The third-order valence-corrected chi connectivity index (χ3v) is 7.23. The lowest BCUT2D eigenvalue weighted by atomic mass is 9.97. The van der Waals surface area contributed by atoms with Gasteiger partial charge in [-0.3, -0.25) is 14.4 Å². The summed E-state index contributed by atoms with van der Waals surface area (Å²) in [6.07, 6.45) is -0.104. The lowest BCUT2D eigenvalue weighted by Gasteiger charge is -2.18. The van der Waals surface area contributed by atoms with Crippen molar-refractivity contribution in [2.24, 2.45) is 5.92 Å². The first-order valence-corrected chi connectivity index (χ1v) is 14.6. The molecule has 0 aromatic heterocycles. The standard InChI is InChI=1S/C34H37NO9/c36-31(35-16-17-41-18-19-42-23-32(37)38)15-14-25(34(40)44-21-24-8-2-1-3-9-24)20-33(39)43-22-30-28-12-6-4-10-26(28)27-11-5-7-13-29(27)30/h1-13,25,30H,14-23H2,(H,35,36)(H,37,38)/t25-/m1/s1. The Morgan fingerprint density at radius 1 is 0.773 bits per heavy atom. The Morgan fingerprint density at radius 3 is 2.09 bits per heavy atom. The molecule has 0 unspecified atom stereocenters. The average Bonchev–Trinajstić information content (AvgIpc) is 3.36. The summed E-state index contributed by atoms with van der Waals surface area (Å²) in [6, 6.07) is 25.3. The monoisotopic (exact) mass is 603 g/mol. The van der Waals surface area contributed by atoms with Gasteiger partial charge in [-0.2, -0.15) is 0 Å². The van der Waals surface area contributed by atoms with Crippen molar-refractivity contribution in [2.45, 2.75) is 31.8 Å². The van der Waals surface area contributed by atoms with E-state index in [0.29, 0.717) is 0 Å². The molecule has 44 heavy (non-hydrogen) atoms. The molecule has 10 heteroatoms. The van der Waals surface area contributed by atoms with Crippen LogP contribution in [0, 0.1) is 5.92 Å². The summed E-state index contributed by atoms with van der Waals surface area (Å²) in [5.74, 6) is -3.43. The molecule has 232 valence electrons. The number of hydrogen-bond donors (Lipinski definition) is 2. The zero-order valence-corrected chi connectivity index (χ0v) is 24.4. The van der Waals surface area contributed by atoms with E-state index >= 15 is 0 Å². The first-order chi connectivity index (χ1) is 21.4. The van der Waals surface area contributed by atoms with E-state index in [1.807, 2.05) is 66.7 Å². The van der Waals surface area contributed by atoms with Crippen LogP contribution >= 0.6 is 0 Å². The fraction of sp³-hybridized carbons (Fsp3) is 0.353. The maximum Gasteiger partial charge on any atom is 0.329 e. The summed E-state index contributed by atoms with van der Waals surface area (Å²) in [6.45, 7) is 0.561. The number of fused-ring (bicyclic) bond motifs is 3. The number of hydrogen-bond acceptors (Lipinski definition) is 8. The second-order valence-electron chi connectivity index (χ2n) is 10.4. The van der Waals surface area contributed by atoms with Crippen molar-refractivity contribution >= 4 is 23.8 Å². The summed E-state index contributed by atoms with van der Waals surface area (Å²) in [5, 5.41) is 11.2. The molecule has 0 radical (unpaired) electrons. The minimum Gasteiger partial charge on any atom is -0.480 e. The molecule has 0 fully saturated rings. The van der Waals surface area contributed by atoms with Crippen molar-refractivity contribution in [3.05, 3.63) is 95.6 Å². The molecule has 1 aliphatic carbocycles. The van der Waals surface area contributed by atoms with Gasteiger partial charge in [0.2, 0.25) is 5.91 Å². The van der Waals surface area contributed by atoms with Gasteiger partial charge in [0.05, 0.1) is 32.2 Å². The average molecular weight is 604 g/mol. The molecule has 1 amide bonds. The number of rotatable bonds is 18. The summed E-state index contributed by atoms with van der Waals surface area (Å²) in [4.78, 5) is 48.9. The van der Waals surface area contributed by atoms with Crippen LogP contribution in [0.5, 0.6) is 0 Å². The van der Waals surface area contributed by atoms with Gasteiger partial charge >= 0.3 is 17.9 Å². The van der Waals surface area contributed by atoms with Crippen LogP contribution in [-0.2, 0) is 44.7 Å². The Hall–Kier alpha value is -4.54. The van der Waals surface area contributed by atoms with Crippen LogP contribution < -0.4 is 5.32 Å². The molecule has 4 rings (SSSR count). The normalized spacial score (nSPS) is 12.5. The van der Waals surface area contributed by atoms with Gasteiger partial charge in [-0.1, -0.05) is 78.9 Å². The molecule has 2 N–H and O–H groups in total. The van der Waals surface area contributed by atoms with Crippen LogP contribution in [0.3, 0.4) is 0 Å². The van der Waals surface area contributed by atoms with Crippen LogP contribution in [0.2, 0.25) is 0 Å². The van der Waals surface area contributed by atoms with Crippen molar-refractivity contribution in [1.29, 1.82) is 0 Å². The van der Waals surface area contributed by atoms with E-state index in [-0.39, 0.29) is 70.7 Å². The van der Waals surface area contributed by atoms with Crippen molar-refractivity contribution in [3.63, 3.8) is 0 Å². The first-order valence-electron chi connectivity index (χ1n) is 14.6. The van der Waals surface area contributed by atoms with E-state index in [9.17, 15) is 19.2 Å². The molecule has 0 heterocycles. The van der Waals surface area contributed by atoms with E-state index in [1.165, 1.54) is 0 Å². The molecule has 10 nitrogen and oxygen atoms in total. The molecular formula is C34H37NO9. The molecular weight excluding hydrogens is 566 g/mol. The van der Waals surface area contributed by atoms with Crippen molar-refractivity contribution in [2.75, 3.05) is 39.6 Å². The van der Waals surface area contributed by atoms with E-state index in [4.69, 9.17) is 24.1 Å². The smallest absolute Gasteiger partial charge is 0.329 e. The Labute approximate surface area is 256 Å². The Morgan fingerprint density at radius 2 is 1.41 bits per heavy atom. The highest BCUT2D eigenvalue weighted by atomic mass is 16.5. The molecule has 0 saturated heterocycles. The molecule has 0 bridgehead atoms.